The van der Waals surface area contributed by atoms with Crippen LogP contribution in [0.15, 0.2) is 97.1 Å². The van der Waals surface area contributed by atoms with Gasteiger partial charge in [-0.15, -0.1) is 0 Å². The van der Waals surface area contributed by atoms with Gasteiger partial charge >= 0.3 is 0 Å². The van der Waals surface area contributed by atoms with Crippen LogP contribution in [0.3, 0.4) is 0 Å². The van der Waals surface area contributed by atoms with E-state index in [1.165, 1.54) is 32.6 Å². The van der Waals surface area contributed by atoms with Crippen molar-refractivity contribution >= 4 is 18.7 Å². The van der Waals surface area contributed by atoms with Crippen molar-refractivity contribution in [3.63, 3.8) is 0 Å². The average Bonchev–Trinajstić information content (AvgIpc) is 4.05. The van der Waals surface area contributed by atoms with Crippen LogP contribution in [0.2, 0.25) is 5.04 Å². The molecule has 2 saturated heterocycles. The molecule has 4 aliphatic carbocycles. The zero-order valence-corrected chi connectivity index (χ0v) is 42.8. The molecule has 2 saturated carbocycles. The quantitative estimate of drug-likeness (QED) is 0.141. The van der Waals surface area contributed by atoms with Gasteiger partial charge in [0.2, 0.25) is 0 Å². The van der Waals surface area contributed by atoms with Crippen molar-refractivity contribution in [1.82, 2.24) is 0 Å². The molecule has 9 heteroatoms. The van der Waals surface area contributed by atoms with Crippen molar-refractivity contribution in [3.8, 4) is 11.5 Å². The number of hydrogen-bond donors (Lipinski definition) is 1. The van der Waals surface area contributed by atoms with Crippen LogP contribution in [0, 0.1) is 35.5 Å². The third-order valence-electron chi connectivity index (χ3n) is 16.6. The number of aliphatic hydroxyl groups is 1. The van der Waals surface area contributed by atoms with Gasteiger partial charge in [0.15, 0.2) is 11.6 Å². The van der Waals surface area contributed by atoms with Crippen molar-refractivity contribution in [3.05, 3.63) is 119 Å². The van der Waals surface area contributed by atoms with E-state index in [0.29, 0.717) is 48.7 Å². The molecular formula is C59H82O8Si. The molecule has 4 aromatic rings. The first-order chi connectivity index (χ1) is 32.1. The largest absolute Gasteiger partial charge is 0.496 e. The van der Waals surface area contributed by atoms with Gasteiger partial charge in [0.25, 0.3) is 8.32 Å². The molecular weight excluding hydrogens is 865 g/mol. The number of fused-ring (bicyclic) bond motifs is 4. The van der Waals surface area contributed by atoms with Crippen molar-refractivity contribution in [1.29, 1.82) is 0 Å². The summed E-state index contributed by atoms with van der Waals surface area (Å²) in [6, 6.07) is 35.2. The third kappa shape index (κ3) is 10.4. The molecule has 4 aromatic carbocycles. The van der Waals surface area contributed by atoms with Crippen molar-refractivity contribution < 1.29 is 38.0 Å². The number of benzene rings is 4. The van der Waals surface area contributed by atoms with Crippen LogP contribution >= 0.6 is 0 Å². The van der Waals surface area contributed by atoms with Crippen LogP contribution in [0.4, 0.5) is 0 Å². The Morgan fingerprint density at radius 2 is 1.04 bits per heavy atom. The average molecular weight is 947 g/mol. The van der Waals surface area contributed by atoms with Gasteiger partial charge < -0.3 is 38.0 Å². The lowest BCUT2D eigenvalue weighted by molar-refractivity contribution is -0.140. The minimum atomic E-state index is -2.68. The maximum Gasteiger partial charge on any atom is 0.261 e. The standard InChI is InChI=1S/C37H48O4Si.C21H30O4.CH4/c1-36(2,3)42(29-15-9-7-10-16-29,30-17-11-8-12-18-30)41-35-24-27-23-33-26(14-13-19-34(33)38-6)22-32(27)31(35)21-20-28-25-39-37(4,5)40-28;1-21(2)24-12-15(25-21)7-8-16-17-9-13-5-4-6-20(23-3)18(13)10-14(17)11-19(16)22;/h7-19,27-28,31-32,35H,20-25H2,1-6H3;4-6,14-17,19,22H,7-12H2,1-3H3;1H4/t27-,28+,31+,32-,35+;14-,15+,16+,17-,19+;/m00./s1. The topological polar surface area (TPSA) is 84.8 Å². The highest BCUT2D eigenvalue weighted by molar-refractivity contribution is 6.99. The molecule has 0 amide bonds. The summed E-state index contributed by atoms with van der Waals surface area (Å²) < 4.78 is 43.1. The fraction of sp³-hybridized carbons (Fsp3) is 0.593. The molecule has 10 atom stereocenters. The van der Waals surface area contributed by atoms with Crippen molar-refractivity contribution in [2.75, 3.05) is 27.4 Å². The summed E-state index contributed by atoms with van der Waals surface area (Å²) in [4.78, 5) is 0. The van der Waals surface area contributed by atoms with Crippen LogP contribution in [0.25, 0.3) is 0 Å². The van der Waals surface area contributed by atoms with E-state index in [9.17, 15) is 5.11 Å². The van der Waals surface area contributed by atoms with Gasteiger partial charge in [0, 0.05) is 6.10 Å². The molecule has 370 valence electrons. The number of hydrogen-bond acceptors (Lipinski definition) is 8. The second-order valence-corrected chi connectivity index (χ2v) is 26.9. The van der Waals surface area contributed by atoms with E-state index in [0.717, 1.165) is 75.7 Å². The van der Waals surface area contributed by atoms with Gasteiger partial charge in [0.1, 0.15) is 11.5 Å². The molecule has 0 unspecified atom stereocenters. The van der Waals surface area contributed by atoms with Gasteiger partial charge in [-0.1, -0.05) is 113 Å². The Bertz CT molecular complexity index is 2230. The first-order valence-corrected chi connectivity index (χ1v) is 27.4. The van der Waals surface area contributed by atoms with Crippen LogP contribution in [-0.2, 0) is 49.1 Å². The molecule has 1 N–H and O–H groups in total. The molecule has 2 heterocycles. The number of aliphatic hydroxyl groups excluding tert-OH is 1. The van der Waals surface area contributed by atoms with Crippen LogP contribution < -0.4 is 19.8 Å². The minimum absolute atomic E-state index is 0. The second kappa shape index (κ2) is 20.7. The summed E-state index contributed by atoms with van der Waals surface area (Å²) in [6.07, 6.45) is 10.6. The zero-order chi connectivity index (χ0) is 47.1. The lowest BCUT2D eigenvalue weighted by Gasteiger charge is -2.46. The summed E-state index contributed by atoms with van der Waals surface area (Å²) in [6.45, 7) is 16.5. The van der Waals surface area contributed by atoms with Gasteiger partial charge in [-0.25, -0.2) is 0 Å². The molecule has 0 spiro atoms. The lowest BCUT2D eigenvalue weighted by atomic mass is 9.73. The van der Waals surface area contributed by atoms with Crippen LogP contribution in [0.1, 0.15) is 117 Å². The monoisotopic (exact) mass is 947 g/mol. The Labute approximate surface area is 409 Å². The summed E-state index contributed by atoms with van der Waals surface area (Å²) in [5.74, 6) is 4.24. The smallest absolute Gasteiger partial charge is 0.261 e. The third-order valence-corrected chi connectivity index (χ3v) is 21.7. The molecule has 68 heavy (non-hydrogen) atoms. The molecule has 10 rings (SSSR count). The van der Waals surface area contributed by atoms with E-state index in [-0.39, 0.29) is 36.9 Å². The van der Waals surface area contributed by atoms with Crippen molar-refractivity contribution in [2.45, 2.75) is 161 Å². The van der Waals surface area contributed by atoms with E-state index in [1.807, 2.05) is 27.7 Å². The summed E-state index contributed by atoms with van der Waals surface area (Å²) in [7, 11) is 0.872. The lowest BCUT2D eigenvalue weighted by Crippen LogP contribution is -2.68. The molecule has 0 radical (unpaired) electrons. The number of rotatable bonds is 12. The first kappa shape index (κ1) is 50.8. The molecule has 8 nitrogen and oxygen atoms in total. The molecule has 0 aromatic heterocycles. The SMILES string of the molecule is C.COc1cccc2c1C[C@H]1C[C@@H](O)[C@H](CC[C@@H]3COC(C)(C)O3)[C@H]1C2.COc1cccc2c1C[C@H]1C[C@@H](O[Si](c3ccccc3)(c3ccccc3)C(C)(C)C)[C@H](CC[C@@H]3COC(C)(C)O3)[C@H]1C2. The Hall–Kier alpha value is -3.54. The van der Waals surface area contributed by atoms with E-state index < -0.39 is 19.9 Å². The van der Waals surface area contributed by atoms with Gasteiger partial charge in [0.05, 0.1) is 45.7 Å². The highest BCUT2D eigenvalue weighted by Gasteiger charge is 2.56. The highest BCUT2D eigenvalue weighted by Crippen LogP contribution is 2.52. The fourth-order valence-electron chi connectivity index (χ4n) is 13.6. The second-order valence-electron chi connectivity index (χ2n) is 22.6. The predicted molar refractivity (Wildman–Crippen MR) is 274 cm³/mol. The maximum absolute atomic E-state index is 10.7. The number of ether oxygens (including phenoxy) is 6. The zero-order valence-electron chi connectivity index (χ0n) is 41.8. The van der Waals surface area contributed by atoms with Crippen LogP contribution in [-0.4, -0.2) is 76.8 Å². The molecule has 0 bridgehead atoms. The van der Waals surface area contributed by atoms with Gasteiger partial charge in [-0.3, -0.25) is 0 Å². The van der Waals surface area contributed by atoms with Gasteiger partial charge in [-0.05, 0) is 177 Å². The summed E-state index contributed by atoms with van der Waals surface area (Å²) >= 11 is 0. The maximum atomic E-state index is 10.7. The Balaban J connectivity index is 0.000000205. The Morgan fingerprint density at radius 3 is 1.49 bits per heavy atom. The Kier molecular flexibility index (Phi) is 15.4. The summed E-state index contributed by atoms with van der Waals surface area (Å²) in [5, 5.41) is 13.4. The van der Waals surface area contributed by atoms with E-state index >= 15 is 0 Å². The van der Waals surface area contributed by atoms with Crippen LogP contribution in [0.5, 0.6) is 11.5 Å². The molecule has 4 fully saturated rings. The van der Waals surface area contributed by atoms with Gasteiger partial charge in [-0.2, -0.15) is 0 Å². The summed E-state index contributed by atoms with van der Waals surface area (Å²) in [5.41, 5.74) is 5.61. The normalized spacial score (nSPS) is 29.9. The first-order valence-electron chi connectivity index (χ1n) is 25.5. The Morgan fingerprint density at radius 1 is 0.588 bits per heavy atom. The van der Waals surface area contributed by atoms with E-state index in [4.69, 9.17) is 32.8 Å². The van der Waals surface area contributed by atoms with E-state index in [1.54, 1.807) is 14.2 Å². The molecule has 2 aliphatic heterocycles. The highest BCUT2D eigenvalue weighted by atomic mass is 28.4. The minimum Gasteiger partial charge on any atom is -0.496 e. The fourth-order valence-corrected chi connectivity index (χ4v) is 18.3. The number of methoxy groups -OCH3 is 2. The predicted octanol–water partition coefficient (Wildman–Crippen LogP) is 10.9. The van der Waals surface area contributed by atoms with Crippen molar-refractivity contribution in [2.24, 2.45) is 35.5 Å². The van der Waals surface area contributed by atoms with E-state index in [2.05, 4.69) is 118 Å². The molecule has 6 aliphatic rings.